The second-order valence-electron chi connectivity index (χ2n) is 3.02. The third kappa shape index (κ3) is 3.57. The van der Waals surface area contributed by atoms with Gasteiger partial charge in [-0.15, -0.1) is 0 Å². The first-order chi connectivity index (χ1) is 8.06. The number of hydrogen-bond acceptors (Lipinski definition) is 4. The molecule has 6 heteroatoms. The fourth-order valence-electron chi connectivity index (χ4n) is 1.19. The molecule has 0 amide bonds. The Morgan fingerprint density at radius 1 is 1.59 bits per heavy atom. The average molecular weight is 256 g/mol. The quantitative estimate of drug-likeness (QED) is 0.359. The number of carbonyl (C=O) groups is 1. The SMILES string of the molecule is CCOC(=O)/C=C/c1c(Cl)cccc1[N+](=O)[O-]. The number of halogens is 1. The van der Waals surface area contributed by atoms with E-state index in [9.17, 15) is 14.9 Å². The summed E-state index contributed by atoms with van der Waals surface area (Å²) in [6, 6.07) is 4.30. The highest BCUT2D eigenvalue weighted by Crippen LogP contribution is 2.27. The van der Waals surface area contributed by atoms with Crippen LogP contribution in [-0.2, 0) is 9.53 Å². The monoisotopic (exact) mass is 255 g/mol. The minimum atomic E-state index is -0.568. The first kappa shape index (κ1) is 13.2. The van der Waals surface area contributed by atoms with E-state index in [2.05, 4.69) is 4.74 Å². The summed E-state index contributed by atoms with van der Waals surface area (Å²) in [7, 11) is 0. The van der Waals surface area contributed by atoms with Crippen molar-refractivity contribution in [1.29, 1.82) is 0 Å². The predicted octanol–water partition coefficient (Wildman–Crippen LogP) is 2.82. The Morgan fingerprint density at radius 3 is 2.88 bits per heavy atom. The van der Waals surface area contributed by atoms with Crippen molar-refractivity contribution in [1.82, 2.24) is 0 Å². The summed E-state index contributed by atoms with van der Waals surface area (Å²) in [4.78, 5) is 21.3. The molecule has 0 aliphatic heterocycles. The molecule has 0 unspecified atom stereocenters. The first-order valence-corrected chi connectivity index (χ1v) is 5.21. The summed E-state index contributed by atoms with van der Waals surface area (Å²) in [5.41, 5.74) is 0.0327. The van der Waals surface area contributed by atoms with Crippen molar-refractivity contribution in [3.8, 4) is 0 Å². The van der Waals surface area contributed by atoms with E-state index in [-0.39, 0.29) is 22.9 Å². The van der Waals surface area contributed by atoms with Crippen molar-refractivity contribution in [3.63, 3.8) is 0 Å². The number of ether oxygens (including phenoxy) is 1. The smallest absolute Gasteiger partial charge is 0.330 e. The Bertz CT molecular complexity index is 471. The summed E-state index contributed by atoms with van der Waals surface area (Å²) >= 11 is 5.83. The second kappa shape index (κ2) is 6.00. The van der Waals surface area contributed by atoms with Gasteiger partial charge < -0.3 is 4.74 Å². The zero-order valence-electron chi connectivity index (χ0n) is 9.05. The molecule has 0 atom stereocenters. The zero-order valence-corrected chi connectivity index (χ0v) is 9.81. The highest BCUT2D eigenvalue weighted by Gasteiger charge is 2.14. The van der Waals surface area contributed by atoms with Gasteiger partial charge in [0.1, 0.15) is 0 Å². The van der Waals surface area contributed by atoms with Gasteiger partial charge in [0.15, 0.2) is 0 Å². The van der Waals surface area contributed by atoms with Crippen LogP contribution in [0.1, 0.15) is 12.5 Å². The predicted molar refractivity (Wildman–Crippen MR) is 63.8 cm³/mol. The van der Waals surface area contributed by atoms with Gasteiger partial charge in [-0.1, -0.05) is 17.7 Å². The normalized spacial score (nSPS) is 10.5. The Balaban J connectivity index is 3.05. The van der Waals surface area contributed by atoms with Crippen LogP contribution in [0.25, 0.3) is 6.08 Å². The van der Waals surface area contributed by atoms with E-state index in [1.165, 1.54) is 24.3 Å². The van der Waals surface area contributed by atoms with Crippen molar-refractivity contribution in [2.45, 2.75) is 6.92 Å². The lowest BCUT2D eigenvalue weighted by molar-refractivity contribution is -0.385. The number of benzene rings is 1. The van der Waals surface area contributed by atoms with Gasteiger partial charge in [0.2, 0.25) is 0 Å². The molecule has 1 aromatic carbocycles. The van der Waals surface area contributed by atoms with Crippen molar-refractivity contribution in [2.75, 3.05) is 6.61 Å². The molecule has 0 aliphatic carbocycles. The summed E-state index contributed by atoms with van der Waals surface area (Å²) in [5.74, 6) is -0.568. The van der Waals surface area contributed by atoms with Crippen molar-refractivity contribution in [3.05, 3.63) is 45.0 Å². The van der Waals surface area contributed by atoms with Crippen LogP contribution < -0.4 is 0 Å². The molecule has 1 rings (SSSR count). The Hall–Kier alpha value is -1.88. The fraction of sp³-hybridized carbons (Fsp3) is 0.182. The van der Waals surface area contributed by atoms with Crippen molar-refractivity contribution in [2.24, 2.45) is 0 Å². The van der Waals surface area contributed by atoms with Gasteiger partial charge in [-0.05, 0) is 19.1 Å². The number of nitro groups is 1. The van der Waals surface area contributed by atoms with Gasteiger partial charge in [-0.3, -0.25) is 10.1 Å². The Labute approximate surface area is 103 Å². The highest BCUT2D eigenvalue weighted by atomic mass is 35.5. The van der Waals surface area contributed by atoms with E-state index in [0.717, 1.165) is 6.08 Å². The molecular formula is C11H10ClNO4. The molecule has 1 aromatic rings. The third-order valence-electron chi connectivity index (χ3n) is 1.90. The summed E-state index contributed by atoms with van der Waals surface area (Å²) in [5, 5.41) is 10.9. The van der Waals surface area contributed by atoms with E-state index in [0.29, 0.717) is 0 Å². The molecule has 90 valence electrons. The molecular weight excluding hydrogens is 246 g/mol. The molecule has 0 N–H and O–H groups in total. The largest absolute Gasteiger partial charge is 0.463 e. The number of esters is 1. The molecule has 0 aromatic heterocycles. The number of carbonyl (C=O) groups excluding carboxylic acids is 1. The van der Waals surface area contributed by atoms with E-state index in [4.69, 9.17) is 11.6 Å². The van der Waals surface area contributed by atoms with Crippen molar-refractivity contribution < 1.29 is 14.5 Å². The van der Waals surface area contributed by atoms with Crippen LogP contribution in [0, 0.1) is 10.1 Å². The molecule has 17 heavy (non-hydrogen) atoms. The van der Waals surface area contributed by atoms with E-state index in [1.807, 2.05) is 0 Å². The maximum atomic E-state index is 11.1. The molecule has 0 bridgehead atoms. The van der Waals surface area contributed by atoms with Gasteiger partial charge in [-0.25, -0.2) is 4.79 Å². The molecule has 0 fully saturated rings. The highest BCUT2D eigenvalue weighted by molar-refractivity contribution is 6.32. The van der Waals surface area contributed by atoms with Crippen molar-refractivity contribution >= 4 is 29.3 Å². The van der Waals surface area contributed by atoms with Crippen LogP contribution in [0.2, 0.25) is 5.02 Å². The molecule has 0 aliphatic rings. The second-order valence-corrected chi connectivity index (χ2v) is 3.42. The minimum Gasteiger partial charge on any atom is -0.463 e. The molecule has 0 radical (unpaired) electrons. The van der Waals surface area contributed by atoms with Crippen LogP contribution >= 0.6 is 11.6 Å². The van der Waals surface area contributed by atoms with E-state index in [1.54, 1.807) is 6.92 Å². The lowest BCUT2D eigenvalue weighted by atomic mass is 10.1. The summed E-state index contributed by atoms with van der Waals surface area (Å²) in [6.45, 7) is 1.91. The average Bonchev–Trinajstić information content (AvgIpc) is 2.27. The molecule has 0 spiro atoms. The van der Waals surface area contributed by atoms with Gasteiger partial charge in [0.05, 0.1) is 22.1 Å². The van der Waals surface area contributed by atoms with Crippen LogP contribution in [0.3, 0.4) is 0 Å². The summed E-state index contributed by atoms with van der Waals surface area (Å²) in [6.07, 6.45) is 2.39. The lowest BCUT2D eigenvalue weighted by Crippen LogP contribution is -1.99. The maximum absolute atomic E-state index is 11.1. The molecule has 0 saturated heterocycles. The molecule has 5 nitrogen and oxygen atoms in total. The fourth-order valence-corrected chi connectivity index (χ4v) is 1.42. The molecule has 0 heterocycles. The molecule has 0 saturated carbocycles. The van der Waals surface area contributed by atoms with Gasteiger partial charge in [-0.2, -0.15) is 0 Å². The standard InChI is InChI=1S/C11H10ClNO4/c1-2-17-11(14)7-6-8-9(12)4-3-5-10(8)13(15)16/h3-7H,2H2,1H3/b7-6+. The zero-order chi connectivity index (χ0) is 12.8. The maximum Gasteiger partial charge on any atom is 0.330 e. The Kier molecular flexibility index (Phi) is 4.66. The first-order valence-electron chi connectivity index (χ1n) is 4.84. The van der Waals surface area contributed by atoms with Crippen LogP contribution in [0.4, 0.5) is 5.69 Å². The van der Waals surface area contributed by atoms with Crippen LogP contribution in [0.5, 0.6) is 0 Å². The van der Waals surface area contributed by atoms with E-state index >= 15 is 0 Å². The number of nitrogens with zero attached hydrogens (tertiary/aromatic N) is 1. The van der Waals surface area contributed by atoms with Crippen LogP contribution in [-0.4, -0.2) is 17.5 Å². The van der Waals surface area contributed by atoms with Gasteiger partial charge in [0.25, 0.3) is 5.69 Å². The number of rotatable bonds is 4. The van der Waals surface area contributed by atoms with Gasteiger partial charge in [0, 0.05) is 12.1 Å². The Morgan fingerprint density at radius 2 is 2.29 bits per heavy atom. The number of nitro benzene ring substituents is 1. The number of hydrogen-bond donors (Lipinski definition) is 0. The van der Waals surface area contributed by atoms with Crippen LogP contribution in [0.15, 0.2) is 24.3 Å². The summed E-state index contributed by atoms with van der Waals surface area (Å²) < 4.78 is 4.67. The lowest BCUT2D eigenvalue weighted by Gasteiger charge is -2.00. The topological polar surface area (TPSA) is 69.4 Å². The van der Waals surface area contributed by atoms with Gasteiger partial charge >= 0.3 is 5.97 Å². The van der Waals surface area contributed by atoms with E-state index < -0.39 is 10.9 Å². The minimum absolute atomic E-state index is 0.155. The third-order valence-corrected chi connectivity index (χ3v) is 2.23.